The molecular formula is C20H21NO3. The zero-order valence-corrected chi connectivity index (χ0v) is 13.9. The van der Waals surface area contributed by atoms with Crippen LogP contribution in [0.5, 0.6) is 11.5 Å². The third-order valence-corrected chi connectivity index (χ3v) is 4.46. The van der Waals surface area contributed by atoms with Crippen molar-refractivity contribution in [2.24, 2.45) is 5.16 Å². The van der Waals surface area contributed by atoms with Gasteiger partial charge in [-0.15, -0.1) is 0 Å². The van der Waals surface area contributed by atoms with Crippen LogP contribution in [0.4, 0.5) is 0 Å². The second-order valence-electron chi connectivity index (χ2n) is 5.78. The molecule has 4 heteroatoms. The number of methoxy groups -OCH3 is 2. The van der Waals surface area contributed by atoms with Crippen LogP contribution in [0.3, 0.4) is 0 Å². The largest absolute Gasteiger partial charge is 0.497 e. The minimum Gasteiger partial charge on any atom is -0.497 e. The molecule has 0 aliphatic heterocycles. The first-order chi connectivity index (χ1) is 11.7. The van der Waals surface area contributed by atoms with Gasteiger partial charge in [0.05, 0.1) is 19.9 Å². The lowest BCUT2D eigenvalue weighted by molar-refractivity contribution is 0.318. The third kappa shape index (κ3) is 3.27. The highest BCUT2D eigenvalue weighted by molar-refractivity contribution is 6.03. The summed E-state index contributed by atoms with van der Waals surface area (Å²) in [5.41, 5.74) is 4.21. The number of allylic oxidation sites excluding steroid dienone is 2. The summed E-state index contributed by atoms with van der Waals surface area (Å²) < 4.78 is 10.5. The standard InChI is InChI=1S/C20H21NO3/c1-23-17-8-3-14(4-9-17)19-12-7-16(21-22)13-20(19)15-5-10-18(24-2)11-6-15/h3-6,8-11,13,19,22H,7,12H2,1-2H3. The first-order valence-electron chi connectivity index (χ1n) is 7.96. The molecule has 4 nitrogen and oxygen atoms in total. The van der Waals surface area contributed by atoms with Gasteiger partial charge < -0.3 is 14.7 Å². The van der Waals surface area contributed by atoms with Gasteiger partial charge in [-0.05, 0) is 59.9 Å². The van der Waals surface area contributed by atoms with Gasteiger partial charge in [-0.25, -0.2) is 0 Å². The van der Waals surface area contributed by atoms with Crippen molar-refractivity contribution in [3.8, 4) is 11.5 Å². The van der Waals surface area contributed by atoms with Crippen molar-refractivity contribution in [1.82, 2.24) is 0 Å². The Labute approximate surface area is 142 Å². The quantitative estimate of drug-likeness (QED) is 0.666. The van der Waals surface area contributed by atoms with Crippen LogP contribution in [-0.2, 0) is 0 Å². The molecule has 2 aromatic carbocycles. The first kappa shape index (κ1) is 16.1. The summed E-state index contributed by atoms with van der Waals surface area (Å²) in [7, 11) is 3.33. The first-order valence-corrected chi connectivity index (χ1v) is 7.96. The molecule has 0 heterocycles. The molecule has 24 heavy (non-hydrogen) atoms. The zero-order chi connectivity index (χ0) is 16.9. The third-order valence-electron chi connectivity index (χ3n) is 4.46. The van der Waals surface area contributed by atoms with Crippen LogP contribution in [-0.4, -0.2) is 25.1 Å². The van der Waals surface area contributed by atoms with Gasteiger partial charge in [0.2, 0.25) is 0 Å². The van der Waals surface area contributed by atoms with E-state index in [4.69, 9.17) is 14.7 Å². The summed E-state index contributed by atoms with van der Waals surface area (Å²) in [6, 6.07) is 16.2. The molecule has 1 aliphatic carbocycles. The van der Waals surface area contributed by atoms with Crippen LogP contribution in [0.25, 0.3) is 5.57 Å². The maximum atomic E-state index is 9.17. The normalized spacial score (nSPS) is 19.0. The van der Waals surface area contributed by atoms with Gasteiger partial charge >= 0.3 is 0 Å². The molecule has 0 fully saturated rings. The highest BCUT2D eigenvalue weighted by atomic mass is 16.5. The van der Waals surface area contributed by atoms with Crippen molar-refractivity contribution in [1.29, 1.82) is 0 Å². The van der Waals surface area contributed by atoms with Crippen LogP contribution < -0.4 is 9.47 Å². The van der Waals surface area contributed by atoms with E-state index in [1.54, 1.807) is 14.2 Å². The topological polar surface area (TPSA) is 51.0 Å². The molecule has 1 unspecified atom stereocenters. The van der Waals surface area contributed by atoms with Gasteiger partial charge in [0, 0.05) is 5.92 Å². The monoisotopic (exact) mass is 323 g/mol. The van der Waals surface area contributed by atoms with Crippen molar-refractivity contribution in [3.05, 3.63) is 65.7 Å². The van der Waals surface area contributed by atoms with E-state index in [1.807, 2.05) is 42.5 Å². The smallest absolute Gasteiger partial charge is 0.118 e. The van der Waals surface area contributed by atoms with Crippen molar-refractivity contribution < 1.29 is 14.7 Å². The fourth-order valence-electron chi connectivity index (χ4n) is 3.13. The second kappa shape index (κ2) is 7.21. The Morgan fingerprint density at radius 1 is 0.917 bits per heavy atom. The minimum absolute atomic E-state index is 0.259. The molecule has 0 saturated carbocycles. The van der Waals surface area contributed by atoms with Gasteiger partial charge in [0.15, 0.2) is 0 Å². The fourth-order valence-corrected chi connectivity index (χ4v) is 3.13. The fraction of sp³-hybridized carbons (Fsp3) is 0.250. The summed E-state index contributed by atoms with van der Waals surface area (Å²) in [5, 5.41) is 12.6. The number of nitrogens with zero attached hydrogens (tertiary/aromatic N) is 1. The van der Waals surface area contributed by atoms with E-state index in [-0.39, 0.29) is 5.92 Å². The molecule has 0 saturated heterocycles. The number of ether oxygens (including phenoxy) is 2. The summed E-state index contributed by atoms with van der Waals surface area (Å²) in [5.74, 6) is 1.93. The molecule has 0 amide bonds. The number of oxime groups is 1. The number of rotatable bonds is 4. The van der Waals surface area contributed by atoms with E-state index in [0.29, 0.717) is 5.71 Å². The zero-order valence-electron chi connectivity index (χ0n) is 13.9. The lowest BCUT2D eigenvalue weighted by Crippen LogP contribution is -2.12. The van der Waals surface area contributed by atoms with E-state index in [0.717, 1.165) is 35.5 Å². The molecule has 0 radical (unpaired) electrons. The van der Waals surface area contributed by atoms with Crippen LogP contribution in [0, 0.1) is 0 Å². The van der Waals surface area contributed by atoms with Crippen LogP contribution in [0.2, 0.25) is 0 Å². The van der Waals surface area contributed by atoms with E-state index in [2.05, 4.69) is 17.3 Å². The van der Waals surface area contributed by atoms with Gasteiger partial charge in [-0.3, -0.25) is 0 Å². The summed E-state index contributed by atoms with van der Waals surface area (Å²) in [4.78, 5) is 0. The van der Waals surface area contributed by atoms with Crippen LogP contribution in [0.1, 0.15) is 29.9 Å². The summed E-state index contributed by atoms with van der Waals surface area (Å²) in [6.07, 6.45) is 3.65. The van der Waals surface area contributed by atoms with Gasteiger partial charge in [0.1, 0.15) is 11.5 Å². The lowest BCUT2D eigenvalue weighted by Gasteiger charge is -2.26. The summed E-state index contributed by atoms with van der Waals surface area (Å²) >= 11 is 0. The molecule has 3 rings (SSSR count). The SMILES string of the molecule is COc1ccc(C2=CC(=NO)CCC2c2ccc(OC)cc2)cc1. The Bertz CT molecular complexity index is 745. The highest BCUT2D eigenvalue weighted by Crippen LogP contribution is 2.40. The van der Waals surface area contributed by atoms with Gasteiger partial charge in [-0.2, -0.15) is 0 Å². The number of hydrogen-bond acceptors (Lipinski definition) is 4. The van der Waals surface area contributed by atoms with Gasteiger partial charge in [0.25, 0.3) is 0 Å². The molecule has 2 aromatic rings. The average molecular weight is 323 g/mol. The average Bonchev–Trinajstić information content (AvgIpc) is 2.67. The summed E-state index contributed by atoms with van der Waals surface area (Å²) in [6.45, 7) is 0. The molecule has 0 bridgehead atoms. The Kier molecular flexibility index (Phi) is 4.85. The maximum Gasteiger partial charge on any atom is 0.118 e. The molecular weight excluding hydrogens is 302 g/mol. The Balaban J connectivity index is 1.99. The van der Waals surface area contributed by atoms with Gasteiger partial charge in [-0.1, -0.05) is 29.4 Å². The van der Waals surface area contributed by atoms with Crippen molar-refractivity contribution in [2.75, 3.05) is 14.2 Å². The highest BCUT2D eigenvalue weighted by Gasteiger charge is 2.24. The molecule has 0 aromatic heterocycles. The van der Waals surface area contributed by atoms with Crippen molar-refractivity contribution in [2.45, 2.75) is 18.8 Å². The predicted octanol–water partition coefficient (Wildman–Crippen LogP) is 4.50. The predicted molar refractivity (Wildman–Crippen MR) is 95.2 cm³/mol. The molecule has 0 spiro atoms. The van der Waals surface area contributed by atoms with E-state index >= 15 is 0 Å². The second-order valence-corrected chi connectivity index (χ2v) is 5.78. The molecule has 124 valence electrons. The van der Waals surface area contributed by atoms with E-state index in [9.17, 15) is 0 Å². The lowest BCUT2D eigenvalue weighted by atomic mass is 9.79. The number of hydrogen-bond donors (Lipinski definition) is 1. The van der Waals surface area contributed by atoms with Crippen LogP contribution >= 0.6 is 0 Å². The number of benzene rings is 2. The van der Waals surface area contributed by atoms with Crippen molar-refractivity contribution in [3.63, 3.8) is 0 Å². The molecule has 1 atom stereocenters. The van der Waals surface area contributed by atoms with Crippen LogP contribution in [0.15, 0.2) is 59.8 Å². The Morgan fingerprint density at radius 3 is 2.04 bits per heavy atom. The minimum atomic E-state index is 0.259. The maximum absolute atomic E-state index is 9.17. The van der Waals surface area contributed by atoms with Crippen molar-refractivity contribution >= 4 is 11.3 Å². The molecule has 1 N–H and O–H groups in total. The molecule has 1 aliphatic rings. The van der Waals surface area contributed by atoms with E-state index in [1.165, 1.54) is 5.56 Å². The Morgan fingerprint density at radius 2 is 1.50 bits per heavy atom. The Hall–Kier alpha value is -2.75. The van der Waals surface area contributed by atoms with E-state index < -0.39 is 0 Å².